The van der Waals surface area contributed by atoms with E-state index in [4.69, 9.17) is 5.26 Å². The van der Waals surface area contributed by atoms with E-state index in [-0.39, 0.29) is 0 Å². The topological polar surface area (TPSA) is 96.0 Å². The Bertz CT molecular complexity index is 194. The highest BCUT2D eigenvalue weighted by molar-refractivity contribution is 6.02. The molecule has 0 spiro atoms. The number of amides is 1. The largest absolute Gasteiger partial charge is 0.298 e. The SMILES string of the molecule is CC(=O)C(C#N)C(=O)NN. The van der Waals surface area contributed by atoms with Crippen LogP contribution in [0.4, 0.5) is 0 Å². The van der Waals surface area contributed by atoms with E-state index in [9.17, 15) is 9.59 Å². The summed E-state index contributed by atoms with van der Waals surface area (Å²) in [4.78, 5) is 20.9. The lowest BCUT2D eigenvalue weighted by molar-refractivity contribution is -0.130. The molecule has 1 unspecified atom stereocenters. The number of carbonyl (C=O) groups excluding carboxylic acids is 2. The van der Waals surface area contributed by atoms with Gasteiger partial charge in [-0.05, 0) is 6.92 Å². The van der Waals surface area contributed by atoms with Crippen LogP contribution in [0.5, 0.6) is 0 Å². The fraction of sp³-hybridized carbons (Fsp3) is 0.400. The van der Waals surface area contributed by atoms with E-state index in [1.165, 1.54) is 6.07 Å². The van der Waals surface area contributed by atoms with Gasteiger partial charge in [-0.2, -0.15) is 5.26 Å². The predicted molar refractivity (Wildman–Crippen MR) is 32.1 cm³/mol. The van der Waals surface area contributed by atoms with Gasteiger partial charge in [-0.15, -0.1) is 0 Å². The van der Waals surface area contributed by atoms with Crippen LogP contribution in [0.1, 0.15) is 6.92 Å². The van der Waals surface area contributed by atoms with Crippen LogP contribution in [-0.2, 0) is 9.59 Å². The van der Waals surface area contributed by atoms with Gasteiger partial charge in [-0.3, -0.25) is 15.0 Å². The van der Waals surface area contributed by atoms with Gasteiger partial charge in [-0.1, -0.05) is 0 Å². The fourth-order valence-electron chi connectivity index (χ4n) is 0.417. The summed E-state index contributed by atoms with van der Waals surface area (Å²) in [6, 6.07) is 1.51. The molecule has 0 aliphatic heterocycles. The number of rotatable bonds is 2. The van der Waals surface area contributed by atoms with Gasteiger partial charge >= 0.3 is 0 Å². The van der Waals surface area contributed by atoms with Crippen LogP contribution < -0.4 is 11.3 Å². The molecule has 3 N–H and O–H groups in total. The number of nitrogens with two attached hydrogens (primary N) is 1. The molecule has 1 amide bonds. The van der Waals surface area contributed by atoms with E-state index in [0.29, 0.717) is 0 Å². The zero-order valence-corrected chi connectivity index (χ0v) is 5.42. The Morgan fingerprint density at radius 3 is 2.30 bits per heavy atom. The minimum absolute atomic E-state index is 0.509. The molecule has 0 fully saturated rings. The van der Waals surface area contributed by atoms with Crippen molar-refractivity contribution in [3.63, 3.8) is 0 Å². The first-order valence-electron chi connectivity index (χ1n) is 2.54. The van der Waals surface area contributed by atoms with Crippen LogP contribution in [0.2, 0.25) is 0 Å². The molecule has 0 rings (SSSR count). The molecular formula is C5H7N3O2. The molecule has 1 atom stereocenters. The molecule has 0 aromatic carbocycles. The normalized spacial score (nSPS) is 11.3. The van der Waals surface area contributed by atoms with E-state index in [0.717, 1.165) is 6.92 Å². The van der Waals surface area contributed by atoms with Crippen molar-refractivity contribution in [2.45, 2.75) is 6.92 Å². The Hall–Kier alpha value is -1.41. The summed E-state index contributed by atoms with van der Waals surface area (Å²) in [5, 5.41) is 8.21. The minimum Gasteiger partial charge on any atom is -0.298 e. The van der Waals surface area contributed by atoms with Crippen molar-refractivity contribution in [1.82, 2.24) is 5.43 Å². The van der Waals surface area contributed by atoms with E-state index < -0.39 is 17.6 Å². The number of nitrogens with one attached hydrogen (secondary N) is 1. The van der Waals surface area contributed by atoms with E-state index in [1.54, 1.807) is 5.43 Å². The lowest BCUT2D eigenvalue weighted by Crippen LogP contribution is -2.38. The summed E-state index contributed by atoms with van der Waals surface area (Å²) < 4.78 is 0. The molecule has 0 aliphatic rings. The molecule has 5 heteroatoms. The number of hydrazine groups is 1. The maximum Gasteiger partial charge on any atom is 0.258 e. The quantitative estimate of drug-likeness (QED) is 0.216. The molecule has 0 aliphatic carbocycles. The van der Waals surface area contributed by atoms with Crippen molar-refractivity contribution >= 4 is 11.7 Å². The third-order valence-electron chi connectivity index (χ3n) is 0.940. The Kier molecular flexibility index (Phi) is 3.08. The van der Waals surface area contributed by atoms with Crippen molar-refractivity contribution in [2.75, 3.05) is 0 Å². The first kappa shape index (κ1) is 8.59. The highest BCUT2D eigenvalue weighted by Gasteiger charge is 2.20. The molecule has 0 bridgehead atoms. The predicted octanol–water partition coefficient (Wildman–Crippen LogP) is -1.29. The number of Topliss-reactive ketones (excluding diaryl/α,β-unsaturated/α-hetero) is 1. The van der Waals surface area contributed by atoms with Crippen LogP contribution in [0.15, 0.2) is 0 Å². The maximum absolute atomic E-state index is 10.5. The zero-order valence-electron chi connectivity index (χ0n) is 5.42. The van der Waals surface area contributed by atoms with Gasteiger partial charge in [0.25, 0.3) is 5.91 Å². The van der Waals surface area contributed by atoms with Crippen LogP contribution in [0.25, 0.3) is 0 Å². The zero-order chi connectivity index (χ0) is 8.15. The van der Waals surface area contributed by atoms with E-state index in [1.807, 2.05) is 0 Å². The van der Waals surface area contributed by atoms with Crippen LogP contribution in [0.3, 0.4) is 0 Å². The van der Waals surface area contributed by atoms with Gasteiger partial charge in [0.2, 0.25) is 0 Å². The first-order valence-corrected chi connectivity index (χ1v) is 2.54. The van der Waals surface area contributed by atoms with Crippen LogP contribution >= 0.6 is 0 Å². The number of carbonyl (C=O) groups is 2. The second kappa shape index (κ2) is 3.58. The van der Waals surface area contributed by atoms with E-state index >= 15 is 0 Å². The van der Waals surface area contributed by atoms with E-state index in [2.05, 4.69) is 5.84 Å². The second-order valence-electron chi connectivity index (χ2n) is 1.68. The summed E-state index contributed by atoms with van der Waals surface area (Å²) in [5.74, 6) is 2.13. The Morgan fingerprint density at radius 1 is 1.70 bits per heavy atom. The molecule has 5 nitrogen and oxygen atoms in total. The van der Waals surface area contributed by atoms with Gasteiger partial charge in [0.05, 0.1) is 6.07 Å². The second-order valence-corrected chi connectivity index (χ2v) is 1.68. The van der Waals surface area contributed by atoms with Gasteiger partial charge in [0.15, 0.2) is 11.7 Å². The van der Waals surface area contributed by atoms with Crippen molar-refractivity contribution in [2.24, 2.45) is 11.8 Å². The highest BCUT2D eigenvalue weighted by Crippen LogP contribution is 1.93. The first-order chi connectivity index (χ1) is 4.63. The Labute approximate surface area is 57.8 Å². The van der Waals surface area contributed by atoms with Gasteiger partial charge < -0.3 is 0 Å². The number of nitrogens with zero attached hydrogens (tertiary/aromatic N) is 1. The molecule has 0 aromatic heterocycles. The molecule has 54 valence electrons. The molecule has 0 aromatic rings. The molecule has 10 heavy (non-hydrogen) atoms. The smallest absolute Gasteiger partial charge is 0.258 e. The molecular weight excluding hydrogens is 134 g/mol. The van der Waals surface area contributed by atoms with Gasteiger partial charge in [0, 0.05) is 0 Å². The van der Waals surface area contributed by atoms with Crippen molar-refractivity contribution in [1.29, 1.82) is 5.26 Å². The van der Waals surface area contributed by atoms with Crippen molar-refractivity contribution < 1.29 is 9.59 Å². The highest BCUT2D eigenvalue weighted by atomic mass is 16.2. The van der Waals surface area contributed by atoms with Gasteiger partial charge in [-0.25, -0.2) is 5.84 Å². The number of ketones is 1. The monoisotopic (exact) mass is 141 g/mol. The Balaban J connectivity index is 4.25. The minimum atomic E-state index is -1.27. The Morgan fingerprint density at radius 2 is 2.20 bits per heavy atom. The summed E-state index contributed by atoms with van der Waals surface area (Å²) in [6.07, 6.45) is 0. The average Bonchev–Trinajstić information content (AvgIpc) is 1.88. The third kappa shape index (κ3) is 1.84. The molecule has 0 heterocycles. The molecule has 0 saturated heterocycles. The van der Waals surface area contributed by atoms with Crippen molar-refractivity contribution in [3.05, 3.63) is 0 Å². The lowest BCUT2D eigenvalue weighted by atomic mass is 10.1. The number of hydrogen-bond acceptors (Lipinski definition) is 4. The summed E-state index contributed by atoms with van der Waals surface area (Å²) in [5.41, 5.74) is 1.72. The summed E-state index contributed by atoms with van der Waals surface area (Å²) in [7, 11) is 0. The molecule has 0 saturated carbocycles. The van der Waals surface area contributed by atoms with Gasteiger partial charge in [0.1, 0.15) is 0 Å². The fourth-order valence-corrected chi connectivity index (χ4v) is 0.417. The average molecular weight is 141 g/mol. The molecule has 0 radical (unpaired) electrons. The number of nitriles is 1. The summed E-state index contributed by atoms with van der Waals surface area (Å²) in [6.45, 7) is 1.16. The van der Waals surface area contributed by atoms with Crippen LogP contribution in [-0.4, -0.2) is 11.7 Å². The van der Waals surface area contributed by atoms with Crippen molar-refractivity contribution in [3.8, 4) is 6.07 Å². The van der Waals surface area contributed by atoms with Crippen LogP contribution in [0, 0.1) is 17.2 Å². The maximum atomic E-state index is 10.5. The third-order valence-corrected chi connectivity index (χ3v) is 0.940. The number of hydrogen-bond donors (Lipinski definition) is 2. The lowest BCUT2D eigenvalue weighted by Gasteiger charge is -2.00. The standard InChI is InChI=1S/C5H7N3O2/c1-3(9)4(2-6)5(10)8-7/h4H,7H2,1H3,(H,8,10). The summed E-state index contributed by atoms with van der Waals surface area (Å²) >= 11 is 0.